The van der Waals surface area contributed by atoms with Gasteiger partial charge in [0.2, 0.25) is 0 Å². The normalized spacial score (nSPS) is 15.7. The molecule has 0 fully saturated rings. The van der Waals surface area contributed by atoms with E-state index in [9.17, 15) is 14.7 Å². The van der Waals surface area contributed by atoms with Crippen LogP contribution in [0.15, 0.2) is 56.1 Å². The number of fused-ring (bicyclic) bond motifs is 4. The highest BCUT2D eigenvalue weighted by Crippen LogP contribution is 2.39. The number of ether oxygens (including phenoxy) is 1. The van der Waals surface area contributed by atoms with Gasteiger partial charge in [0.1, 0.15) is 28.6 Å². The van der Waals surface area contributed by atoms with E-state index in [1.54, 1.807) is 18.2 Å². The van der Waals surface area contributed by atoms with Crippen molar-refractivity contribution in [2.24, 2.45) is 0 Å². The second-order valence-corrected chi connectivity index (χ2v) is 7.03. The van der Waals surface area contributed by atoms with E-state index in [4.69, 9.17) is 13.6 Å². The van der Waals surface area contributed by atoms with Crippen LogP contribution in [-0.4, -0.2) is 17.2 Å². The highest BCUT2D eigenvalue weighted by atomic mass is 16.5. The molecule has 0 unspecified atom stereocenters. The molecule has 2 aromatic carbocycles. The zero-order valence-corrected chi connectivity index (χ0v) is 15.0. The van der Waals surface area contributed by atoms with Crippen molar-refractivity contribution in [2.75, 3.05) is 0 Å². The second-order valence-electron chi connectivity index (χ2n) is 7.03. The molecule has 28 heavy (non-hydrogen) atoms. The number of carboxylic acid groups (broad SMARTS) is 1. The standard InChI is InChI=1S/C22H16O6/c1-11-8-13-9-12(6-7-16(13)26-11)20-15(10-18(23)24)19-21(28-20)14-4-2-3-5-17(14)27-22(19)25/h2-7,9,11H,8,10H2,1H3,(H,23,24)/t11-/m0/s1. The summed E-state index contributed by atoms with van der Waals surface area (Å²) in [6.07, 6.45) is 0.522. The van der Waals surface area contributed by atoms with E-state index in [0.717, 1.165) is 17.7 Å². The van der Waals surface area contributed by atoms with Crippen LogP contribution in [0.2, 0.25) is 0 Å². The number of aliphatic carboxylic acids is 1. The van der Waals surface area contributed by atoms with Crippen molar-refractivity contribution in [3.05, 3.63) is 64.0 Å². The quantitative estimate of drug-likeness (QED) is 0.540. The number of benzene rings is 2. The topological polar surface area (TPSA) is 89.9 Å². The molecule has 0 radical (unpaired) electrons. The Kier molecular flexibility index (Phi) is 3.55. The highest BCUT2D eigenvalue weighted by Gasteiger charge is 2.26. The van der Waals surface area contributed by atoms with Crippen LogP contribution in [0.4, 0.5) is 0 Å². The molecule has 0 saturated carbocycles. The lowest BCUT2D eigenvalue weighted by Gasteiger charge is -2.04. The third-order valence-electron chi connectivity index (χ3n) is 5.03. The van der Waals surface area contributed by atoms with Gasteiger partial charge in [-0.05, 0) is 42.8 Å². The minimum atomic E-state index is -1.05. The van der Waals surface area contributed by atoms with E-state index in [2.05, 4.69) is 0 Å². The van der Waals surface area contributed by atoms with Crippen molar-refractivity contribution < 1.29 is 23.5 Å². The van der Waals surface area contributed by atoms with E-state index >= 15 is 0 Å². The fourth-order valence-corrected chi connectivity index (χ4v) is 3.88. The Morgan fingerprint density at radius 2 is 2.00 bits per heavy atom. The van der Waals surface area contributed by atoms with Crippen LogP contribution in [0.1, 0.15) is 18.1 Å². The van der Waals surface area contributed by atoms with Crippen LogP contribution >= 0.6 is 0 Å². The number of carbonyl (C=O) groups is 1. The highest BCUT2D eigenvalue weighted by molar-refractivity contribution is 6.04. The Bertz CT molecular complexity index is 1310. The maximum Gasteiger partial charge on any atom is 0.347 e. The van der Waals surface area contributed by atoms with Gasteiger partial charge in [-0.3, -0.25) is 4.79 Å². The van der Waals surface area contributed by atoms with Gasteiger partial charge in [0.15, 0.2) is 5.58 Å². The fourth-order valence-electron chi connectivity index (χ4n) is 3.88. The number of hydrogen-bond acceptors (Lipinski definition) is 5. The molecule has 0 spiro atoms. The summed E-state index contributed by atoms with van der Waals surface area (Å²) in [5.41, 5.74) is 2.23. The first kappa shape index (κ1) is 16.6. The molecule has 1 aliphatic rings. The van der Waals surface area contributed by atoms with E-state index in [-0.39, 0.29) is 17.9 Å². The molecule has 0 saturated heterocycles. The van der Waals surface area contributed by atoms with E-state index < -0.39 is 11.6 Å². The van der Waals surface area contributed by atoms with Crippen molar-refractivity contribution in [3.63, 3.8) is 0 Å². The monoisotopic (exact) mass is 376 g/mol. The van der Waals surface area contributed by atoms with Gasteiger partial charge < -0.3 is 18.7 Å². The molecule has 1 aliphatic heterocycles. The first-order valence-electron chi connectivity index (χ1n) is 9.00. The first-order chi connectivity index (χ1) is 13.5. The maximum absolute atomic E-state index is 12.6. The molecule has 0 bridgehead atoms. The van der Waals surface area contributed by atoms with Gasteiger partial charge in [-0.15, -0.1) is 0 Å². The molecular weight excluding hydrogens is 360 g/mol. The van der Waals surface area contributed by atoms with E-state index in [0.29, 0.717) is 33.4 Å². The summed E-state index contributed by atoms with van der Waals surface area (Å²) in [5, 5.41) is 10.2. The molecule has 0 aliphatic carbocycles. The molecule has 2 aromatic heterocycles. The van der Waals surface area contributed by atoms with Gasteiger partial charge in [0.25, 0.3) is 0 Å². The summed E-state index contributed by atoms with van der Waals surface area (Å²) in [6.45, 7) is 1.99. The number of hydrogen-bond donors (Lipinski definition) is 1. The van der Waals surface area contributed by atoms with Crippen LogP contribution in [0.5, 0.6) is 5.75 Å². The SMILES string of the molecule is C[C@H]1Cc2cc(-c3oc4c(c3CC(=O)O)c(=O)oc3ccccc34)ccc2O1. The number of carboxylic acids is 1. The maximum atomic E-state index is 12.6. The third kappa shape index (κ3) is 2.49. The predicted octanol–water partition coefficient (Wildman–Crippen LogP) is 4.16. The lowest BCUT2D eigenvalue weighted by atomic mass is 10.0. The zero-order valence-electron chi connectivity index (χ0n) is 15.0. The van der Waals surface area contributed by atoms with Gasteiger partial charge in [-0.25, -0.2) is 4.79 Å². The van der Waals surface area contributed by atoms with Crippen molar-refractivity contribution in [3.8, 4) is 17.1 Å². The first-order valence-corrected chi connectivity index (χ1v) is 9.00. The summed E-state index contributed by atoms with van der Waals surface area (Å²) in [6, 6.07) is 12.7. The van der Waals surface area contributed by atoms with Gasteiger partial charge in [0.05, 0.1) is 11.8 Å². The van der Waals surface area contributed by atoms with Gasteiger partial charge >= 0.3 is 11.6 Å². The molecule has 5 rings (SSSR count). The predicted molar refractivity (Wildman–Crippen MR) is 103 cm³/mol. The Labute approximate surface area is 159 Å². The lowest BCUT2D eigenvalue weighted by Crippen LogP contribution is -2.06. The molecular formula is C22H16O6. The zero-order chi connectivity index (χ0) is 19.4. The van der Waals surface area contributed by atoms with Crippen molar-refractivity contribution in [1.29, 1.82) is 0 Å². The minimum absolute atomic E-state index is 0.0930. The van der Waals surface area contributed by atoms with Crippen LogP contribution < -0.4 is 10.4 Å². The average molecular weight is 376 g/mol. The molecule has 6 nitrogen and oxygen atoms in total. The summed E-state index contributed by atoms with van der Waals surface area (Å²) in [5.74, 6) is 0.148. The molecule has 1 N–H and O–H groups in total. The average Bonchev–Trinajstić information content (AvgIpc) is 3.21. The van der Waals surface area contributed by atoms with Crippen molar-refractivity contribution in [2.45, 2.75) is 25.9 Å². The summed E-state index contributed by atoms with van der Waals surface area (Å²) < 4.78 is 17.2. The van der Waals surface area contributed by atoms with Crippen LogP contribution in [-0.2, 0) is 17.6 Å². The summed E-state index contributed by atoms with van der Waals surface area (Å²) in [4.78, 5) is 24.1. The van der Waals surface area contributed by atoms with Crippen LogP contribution in [0, 0.1) is 0 Å². The van der Waals surface area contributed by atoms with E-state index in [1.807, 2.05) is 31.2 Å². The fraction of sp³-hybridized carbons (Fsp3) is 0.182. The Hall–Kier alpha value is -3.54. The smallest absolute Gasteiger partial charge is 0.347 e. The molecule has 1 atom stereocenters. The molecule has 140 valence electrons. The van der Waals surface area contributed by atoms with Gasteiger partial charge in [-0.2, -0.15) is 0 Å². The van der Waals surface area contributed by atoms with Crippen LogP contribution in [0.3, 0.4) is 0 Å². The van der Waals surface area contributed by atoms with Crippen molar-refractivity contribution >= 4 is 27.9 Å². The van der Waals surface area contributed by atoms with Crippen molar-refractivity contribution in [1.82, 2.24) is 0 Å². The number of rotatable bonds is 3. The Morgan fingerprint density at radius 3 is 2.82 bits per heavy atom. The van der Waals surface area contributed by atoms with Crippen LogP contribution in [0.25, 0.3) is 33.3 Å². The molecule has 6 heteroatoms. The second kappa shape index (κ2) is 5.99. The third-order valence-corrected chi connectivity index (χ3v) is 5.03. The van der Waals surface area contributed by atoms with E-state index in [1.165, 1.54) is 0 Å². The lowest BCUT2D eigenvalue weighted by molar-refractivity contribution is -0.136. The Balaban J connectivity index is 1.82. The van der Waals surface area contributed by atoms with Gasteiger partial charge in [0, 0.05) is 17.5 Å². The summed E-state index contributed by atoms with van der Waals surface area (Å²) in [7, 11) is 0. The summed E-state index contributed by atoms with van der Waals surface area (Å²) >= 11 is 0. The molecule has 0 amide bonds. The molecule has 4 aromatic rings. The number of para-hydroxylation sites is 1. The Morgan fingerprint density at radius 1 is 1.18 bits per heavy atom. The number of furan rings is 1. The minimum Gasteiger partial charge on any atom is -0.490 e. The largest absolute Gasteiger partial charge is 0.490 e. The molecule has 3 heterocycles. The van der Waals surface area contributed by atoms with Gasteiger partial charge in [-0.1, -0.05) is 12.1 Å².